The van der Waals surface area contributed by atoms with Gasteiger partial charge in [0.05, 0.1) is 29.5 Å². The predicted octanol–water partition coefficient (Wildman–Crippen LogP) is 4.15. The molecule has 1 fully saturated rings. The van der Waals surface area contributed by atoms with Crippen molar-refractivity contribution in [2.45, 2.75) is 19.9 Å². The molecule has 0 spiro atoms. The zero-order chi connectivity index (χ0) is 24.8. The minimum Gasteiger partial charge on any atom is -0.494 e. The lowest BCUT2D eigenvalue weighted by Crippen LogP contribution is -2.30. The third kappa shape index (κ3) is 5.66. The Morgan fingerprint density at radius 2 is 1.74 bits per heavy atom. The van der Waals surface area contributed by atoms with Gasteiger partial charge in [0.15, 0.2) is 0 Å². The summed E-state index contributed by atoms with van der Waals surface area (Å²) >= 11 is 0. The number of hydrogen-bond acceptors (Lipinski definition) is 4. The molecule has 4 rings (SSSR count). The number of nitrogens with one attached hydrogen (secondary N) is 2. The maximum Gasteiger partial charge on any atom is 0.253 e. The summed E-state index contributed by atoms with van der Waals surface area (Å²) < 4.78 is 19.6. The van der Waals surface area contributed by atoms with Gasteiger partial charge >= 0.3 is 0 Å². The van der Waals surface area contributed by atoms with Crippen molar-refractivity contribution in [2.75, 3.05) is 23.4 Å². The minimum absolute atomic E-state index is 0.0354. The first kappa shape index (κ1) is 23.9. The fraction of sp³-hybridized carbons (Fsp3) is 0.222. The first-order chi connectivity index (χ1) is 17.0. The molecule has 35 heavy (non-hydrogen) atoms. The Bertz CT molecular complexity index is 1230. The van der Waals surface area contributed by atoms with E-state index in [1.165, 1.54) is 17.0 Å². The number of ether oxygens (including phenoxy) is 1. The molecule has 1 aliphatic rings. The van der Waals surface area contributed by atoms with Crippen LogP contribution < -0.4 is 20.3 Å². The molecule has 2 N–H and O–H groups in total. The highest BCUT2D eigenvalue weighted by Gasteiger charge is 2.36. The van der Waals surface area contributed by atoms with Crippen molar-refractivity contribution < 1.29 is 23.5 Å². The Labute approximate surface area is 202 Å². The van der Waals surface area contributed by atoms with E-state index in [0.717, 1.165) is 11.3 Å². The summed E-state index contributed by atoms with van der Waals surface area (Å²) in [5, 5.41) is 5.63. The van der Waals surface area contributed by atoms with E-state index in [0.29, 0.717) is 24.4 Å². The van der Waals surface area contributed by atoms with Crippen LogP contribution in [0, 0.1) is 11.7 Å². The molecule has 8 heteroatoms. The van der Waals surface area contributed by atoms with Gasteiger partial charge < -0.3 is 20.3 Å². The molecule has 0 bridgehead atoms. The number of carbonyl (C=O) groups is 3. The van der Waals surface area contributed by atoms with Crippen LogP contribution in [0.2, 0.25) is 0 Å². The number of carbonyl (C=O) groups excluding carboxylic acids is 3. The summed E-state index contributed by atoms with van der Waals surface area (Å²) in [7, 11) is 0. The lowest BCUT2D eigenvalue weighted by Gasteiger charge is -2.17. The maximum absolute atomic E-state index is 14.1. The average Bonchev–Trinajstić information content (AvgIpc) is 3.25. The number of amides is 3. The van der Waals surface area contributed by atoms with E-state index in [4.69, 9.17) is 4.74 Å². The van der Waals surface area contributed by atoms with Gasteiger partial charge in [-0.05, 0) is 48.9 Å². The Hall–Kier alpha value is -4.20. The highest BCUT2D eigenvalue weighted by atomic mass is 19.1. The molecule has 3 aromatic carbocycles. The third-order valence-corrected chi connectivity index (χ3v) is 5.76. The topological polar surface area (TPSA) is 87.7 Å². The van der Waals surface area contributed by atoms with Crippen molar-refractivity contribution in [1.82, 2.24) is 5.32 Å². The molecule has 0 unspecified atom stereocenters. The zero-order valence-electron chi connectivity index (χ0n) is 19.3. The van der Waals surface area contributed by atoms with E-state index in [1.807, 2.05) is 31.2 Å². The van der Waals surface area contributed by atoms with Crippen LogP contribution in [-0.4, -0.2) is 30.9 Å². The minimum atomic E-state index is -0.665. The summed E-state index contributed by atoms with van der Waals surface area (Å²) in [6, 6.07) is 20.1. The molecule has 0 saturated carbocycles. The lowest BCUT2D eigenvalue weighted by atomic mass is 10.1. The van der Waals surface area contributed by atoms with Gasteiger partial charge in [0.25, 0.3) is 5.91 Å². The van der Waals surface area contributed by atoms with Gasteiger partial charge in [0.1, 0.15) is 11.6 Å². The Morgan fingerprint density at radius 1 is 1.03 bits per heavy atom. The summed E-state index contributed by atoms with van der Waals surface area (Å²) in [5.41, 5.74) is 1.71. The van der Waals surface area contributed by atoms with E-state index >= 15 is 0 Å². The lowest BCUT2D eigenvalue weighted by molar-refractivity contribution is -0.122. The smallest absolute Gasteiger partial charge is 0.253 e. The molecule has 3 aromatic rings. The standard InChI is InChI=1S/C27H26FN3O4/c1-2-35-20-13-11-18(12-14-20)16-29-27(34)21-7-3-5-9-23(21)30-26(33)19-15-25(32)31(17-19)24-10-6-4-8-22(24)28/h3-14,19H,2,15-17H2,1H3,(H,29,34)(H,30,33)/t19-/m1/s1. The second-order valence-electron chi connectivity index (χ2n) is 8.15. The molecule has 0 aromatic heterocycles. The van der Waals surface area contributed by atoms with Crippen molar-refractivity contribution in [2.24, 2.45) is 5.92 Å². The highest BCUT2D eigenvalue weighted by Crippen LogP contribution is 2.28. The van der Waals surface area contributed by atoms with Gasteiger partial charge in [0.2, 0.25) is 11.8 Å². The Balaban J connectivity index is 1.40. The van der Waals surface area contributed by atoms with E-state index in [-0.39, 0.29) is 30.5 Å². The molecule has 3 amide bonds. The van der Waals surface area contributed by atoms with Gasteiger partial charge in [0, 0.05) is 19.5 Å². The molecule has 1 saturated heterocycles. The van der Waals surface area contributed by atoms with Gasteiger partial charge in [-0.2, -0.15) is 0 Å². The maximum atomic E-state index is 14.1. The number of nitrogens with zero attached hydrogens (tertiary/aromatic N) is 1. The second kappa shape index (κ2) is 10.8. The number of benzene rings is 3. The van der Waals surface area contributed by atoms with Gasteiger partial charge in [-0.1, -0.05) is 36.4 Å². The largest absolute Gasteiger partial charge is 0.494 e. The molecule has 180 valence electrons. The number of anilines is 2. The Kier molecular flexibility index (Phi) is 7.40. The fourth-order valence-corrected chi connectivity index (χ4v) is 3.96. The normalized spacial score (nSPS) is 15.1. The third-order valence-electron chi connectivity index (χ3n) is 5.76. The predicted molar refractivity (Wildman–Crippen MR) is 131 cm³/mol. The molecule has 0 radical (unpaired) electrons. The number of halogens is 1. The number of hydrogen-bond donors (Lipinski definition) is 2. The molecular formula is C27H26FN3O4. The fourth-order valence-electron chi connectivity index (χ4n) is 3.96. The van der Waals surface area contributed by atoms with Crippen molar-refractivity contribution in [3.05, 3.63) is 89.7 Å². The average molecular weight is 476 g/mol. The van der Waals surface area contributed by atoms with Crippen LogP contribution in [0.1, 0.15) is 29.3 Å². The van der Waals surface area contributed by atoms with Crippen molar-refractivity contribution in [3.63, 3.8) is 0 Å². The summed E-state index contributed by atoms with van der Waals surface area (Å²) in [6.07, 6.45) is -0.0354. The van der Waals surface area contributed by atoms with Crippen LogP contribution in [0.4, 0.5) is 15.8 Å². The summed E-state index contributed by atoms with van der Waals surface area (Å²) in [5.74, 6) is -1.49. The van der Waals surface area contributed by atoms with E-state index in [1.54, 1.807) is 36.4 Å². The van der Waals surface area contributed by atoms with Gasteiger partial charge in [-0.25, -0.2) is 4.39 Å². The van der Waals surface area contributed by atoms with Crippen molar-refractivity contribution >= 4 is 29.1 Å². The monoisotopic (exact) mass is 475 g/mol. The first-order valence-electron chi connectivity index (χ1n) is 11.4. The van der Waals surface area contributed by atoms with Crippen LogP contribution >= 0.6 is 0 Å². The van der Waals surface area contributed by atoms with Crippen LogP contribution in [0.25, 0.3) is 0 Å². The van der Waals surface area contributed by atoms with Crippen LogP contribution in [0.3, 0.4) is 0 Å². The van der Waals surface area contributed by atoms with Crippen molar-refractivity contribution in [1.29, 1.82) is 0 Å². The molecule has 1 aliphatic heterocycles. The van der Waals surface area contributed by atoms with Gasteiger partial charge in [-0.3, -0.25) is 14.4 Å². The van der Waals surface area contributed by atoms with E-state index < -0.39 is 17.6 Å². The van der Waals surface area contributed by atoms with Crippen LogP contribution in [-0.2, 0) is 16.1 Å². The Morgan fingerprint density at radius 3 is 2.49 bits per heavy atom. The van der Waals surface area contributed by atoms with E-state index in [9.17, 15) is 18.8 Å². The summed E-state index contributed by atoms with van der Waals surface area (Å²) in [6.45, 7) is 2.86. The van der Waals surface area contributed by atoms with Crippen LogP contribution in [0.15, 0.2) is 72.8 Å². The number of para-hydroxylation sites is 2. The first-order valence-corrected chi connectivity index (χ1v) is 11.4. The molecule has 1 atom stereocenters. The molecule has 7 nitrogen and oxygen atoms in total. The van der Waals surface area contributed by atoms with Crippen molar-refractivity contribution in [3.8, 4) is 5.75 Å². The second-order valence-corrected chi connectivity index (χ2v) is 8.15. The van der Waals surface area contributed by atoms with Crippen LogP contribution in [0.5, 0.6) is 5.75 Å². The zero-order valence-corrected chi connectivity index (χ0v) is 19.3. The SMILES string of the molecule is CCOc1ccc(CNC(=O)c2ccccc2NC(=O)[C@@H]2CC(=O)N(c3ccccc3F)C2)cc1. The van der Waals surface area contributed by atoms with E-state index in [2.05, 4.69) is 10.6 Å². The molecule has 0 aliphatic carbocycles. The quantitative estimate of drug-likeness (QED) is 0.513. The molecular weight excluding hydrogens is 449 g/mol. The number of rotatable bonds is 8. The highest BCUT2D eigenvalue weighted by molar-refractivity contribution is 6.07. The molecule has 1 heterocycles. The van der Waals surface area contributed by atoms with Gasteiger partial charge in [-0.15, -0.1) is 0 Å². The summed E-state index contributed by atoms with van der Waals surface area (Å²) in [4.78, 5) is 39.5.